The van der Waals surface area contributed by atoms with E-state index < -0.39 is 0 Å². The Bertz CT molecular complexity index is 495. The molecule has 1 amide bonds. The predicted molar refractivity (Wildman–Crippen MR) is 69.0 cm³/mol. The van der Waals surface area contributed by atoms with E-state index in [4.69, 9.17) is 5.73 Å². The third kappa shape index (κ3) is 3.37. The van der Waals surface area contributed by atoms with Crippen molar-refractivity contribution in [1.29, 1.82) is 0 Å². The molecule has 0 fully saturated rings. The molecule has 5 heteroatoms. The molecule has 2 aromatic rings. The Labute approximate surface area is 103 Å². The number of rotatable bonds is 4. The van der Waals surface area contributed by atoms with Gasteiger partial charge in [0.1, 0.15) is 0 Å². The number of thiazole rings is 1. The minimum atomic E-state index is -0.217. The van der Waals surface area contributed by atoms with Gasteiger partial charge >= 0.3 is 0 Å². The van der Waals surface area contributed by atoms with E-state index in [-0.39, 0.29) is 12.5 Å². The van der Waals surface area contributed by atoms with Gasteiger partial charge in [-0.25, -0.2) is 4.98 Å². The maximum absolute atomic E-state index is 11.1. The summed E-state index contributed by atoms with van der Waals surface area (Å²) in [4.78, 5) is 16.3. The van der Waals surface area contributed by atoms with Crippen LogP contribution in [0.15, 0.2) is 36.5 Å². The maximum atomic E-state index is 11.1. The second-order valence-corrected chi connectivity index (χ2v) is 4.66. The van der Waals surface area contributed by atoms with Crippen LogP contribution in [0.2, 0.25) is 0 Å². The number of hydrogen-bond acceptors (Lipinski definition) is 4. The smallest absolute Gasteiger partial charge is 0.239 e. The minimum Gasteiger partial charge on any atom is -0.322 e. The van der Waals surface area contributed by atoms with Gasteiger partial charge in [0.15, 0.2) is 5.13 Å². The Hall–Kier alpha value is -1.72. The van der Waals surface area contributed by atoms with E-state index >= 15 is 0 Å². The summed E-state index contributed by atoms with van der Waals surface area (Å²) in [5, 5.41) is 3.24. The van der Waals surface area contributed by atoms with Crippen molar-refractivity contribution in [3.63, 3.8) is 0 Å². The lowest BCUT2D eigenvalue weighted by atomic mass is 10.1. The van der Waals surface area contributed by atoms with Crippen molar-refractivity contribution in [1.82, 2.24) is 4.98 Å². The first-order valence-electron chi connectivity index (χ1n) is 5.26. The highest BCUT2D eigenvalue weighted by molar-refractivity contribution is 7.15. The van der Waals surface area contributed by atoms with Crippen LogP contribution >= 0.6 is 11.3 Å². The SMILES string of the molecule is NCC(=O)Nc1ncc(Cc2ccccc2)s1. The topological polar surface area (TPSA) is 68.0 Å². The van der Waals surface area contributed by atoms with Crippen molar-refractivity contribution in [3.8, 4) is 0 Å². The van der Waals surface area contributed by atoms with Crippen LogP contribution in [0.1, 0.15) is 10.4 Å². The molecule has 0 aliphatic heterocycles. The Morgan fingerprint density at radius 1 is 1.35 bits per heavy atom. The van der Waals surface area contributed by atoms with Gasteiger partial charge in [0.05, 0.1) is 6.54 Å². The van der Waals surface area contributed by atoms with Gasteiger partial charge in [-0.3, -0.25) is 4.79 Å². The van der Waals surface area contributed by atoms with Crippen molar-refractivity contribution in [2.24, 2.45) is 5.73 Å². The van der Waals surface area contributed by atoms with Gasteiger partial charge in [-0.2, -0.15) is 0 Å². The van der Waals surface area contributed by atoms with E-state index in [9.17, 15) is 4.79 Å². The molecule has 1 aromatic carbocycles. The number of amides is 1. The van der Waals surface area contributed by atoms with Gasteiger partial charge in [-0.05, 0) is 5.56 Å². The van der Waals surface area contributed by atoms with Crippen molar-refractivity contribution >= 4 is 22.4 Å². The number of benzene rings is 1. The Balaban J connectivity index is 2.01. The molecule has 3 N–H and O–H groups in total. The highest BCUT2D eigenvalue weighted by atomic mass is 32.1. The number of carbonyl (C=O) groups is 1. The number of nitrogens with zero attached hydrogens (tertiary/aromatic N) is 1. The van der Waals surface area contributed by atoms with Crippen LogP contribution in [0.3, 0.4) is 0 Å². The van der Waals surface area contributed by atoms with Gasteiger partial charge < -0.3 is 11.1 Å². The summed E-state index contributed by atoms with van der Waals surface area (Å²) in [6, 6.07) is 10.1. The van der Waals surface area contributed by atoms with Crippen LogP contribution in [0, 0.1) is 0 Å². The monoisotopic (exact) mass is 247 g/mol. The van der Waals surface area contributed by atoms with Crippen molar-refractivity contribution in [3.05, 3.63) is 47.0 Å². The summed E-state index contributed by atoms with van der Waals surface area (Å²) in [5.41, 5.74) is 6.44. The second kappa shape index (κ2) is 5.56. The largest absolute Gasteiger partial charge is 0.322 e. The summed E-state index contributed by atoms with van der Waals surface area (Å²) in [6.07, 6.45) is 2.61. The summed E-state index contributed by atoms with van der Waals surface area (Å²) in [5.74, 6) is -0.217. The summed E-state index contributed by atoms with van der Waals surface area (Å²) in [6.45, 7) is -0.0202. The molecule has 0 saturated carbocycles. The normalized spacial score (nSPS) is 10.2. The van der Waals surface area contributed by atoms with Crippen LogP contribution in [-0.4, -0.2) is 17.4 Å². The zero-order chi connectivity index (χ0) is 12.1. The molecule has 1 heterocycles. The van der Waals surface area contributed by atoms with Crippen LogP contribution in [0.25, 0.3) is 0 Å². The van der Waals surface area contributed by atoms with E-state index in [1.807, 2.05) is 18.2 Å². The highest BCUT2D eigenvalue weighted by Gasteiger charge is 2.05. The number of anilines is 1. The molecule has 0 atom stereocenters. The highest BCUT2D eigenvalue weighted by Crippen LogP contribution is 2.20. The molecule has 88 valence electrons. The lowest BCUT2D eigenvalue weighted by molar-refractivity contribution is -0.114. The van der Waals surface area contributed by atoms with Gasteiger partial charge in [0.2, 0.25) is 5.91 Å². The second-order valence-electron chi connectivity index (χ2n) is 3.55. The molecule has 0 unspecified atom stereocenters. The first kappa shape index (κ1) is 11.8. The van der Waals surface area contributed by atoms with Crippen LogP contribution in [-0.2, 0) is 11.2 Å². The first-order valence-corrected chi connectivity index (χ1v) is 6.08. The molecule has 0 bridgehead atoms. The standard InChI is InChI=1S/C12H13N3OS/c13-7-11(16)15-12-14-8-10(17-12)6-9-4-2-1-3-5-9/h1-5,8H,6-7,13H2,(H,14,15,16). The fraction of sp³-hybridized carbons (Fsp3) is 0.167. The molecule has 4 nitrogen and oxygen atoms in total. The Kier molecular flexibility index (Phi) is 3.85. The Morgan fingerprint density at radius 3 is 2.82 bits per heavy atom. The lowest BCUT2D eigenvalue weighted by Crippen LogP contribution is -2.21. The number of aromatic nitrogens is 1. The van der Waals surface area contributed by atoms with Gasteiger partial charge in [0, 0.05) is 17.5 Å². The van der Waals surface area contributed by atoms with E-state index in [1.165, 1.54) is 16.9 Å². The fourth-order valence-electron chi connectivity index (χ4n) is 1.41. The van der Waals surface area contributed by atoms with Crippen molar-refractivity contribution in [2.75, 3.05) is 11.9 Å². The molecule has 0 saturated heterocycles. The Morgan fingerprint density at radius 2 is 2.12 bits per heavy atom. The fourth-order valence-corrected chi connectivity index (χ4v) is 2.28. The summed E-state index contributed by atoms with van der Waals surface area (Å²) in [7, 11) is 0. The van der Waals surface area contributed by atoms with Crippen molar-refractivity contribution in [2.45, 2.75) is 6.42 Å². The average Bonchev–Trinajstić information content (AvgIpc) is 2.77. The molecule has 1 aromatic heterocycles. The average molecular weight is 247 g/mol. The summed E-state index contributed by atoms with van der Waals surface area (Å²) < 4.78 is 0. The summed E-state index contributed by atoms with van der Waals surface area (Å²) >= 11 is 1.47. The molecule has 0 aliphatic carbocycles. The van der Waals surface area contributed by atoms with Crippen molar-refractivity contribution < 1.29 is 4.79 Å². The van der Waals surface area contributed by atoms with Crippen LogP contribution in [0.5, 0.6) is 0 Å². The third-order valence-electron chi connectivity index (χ3n) is 2.21. The molecule has 2 rings (SSSR count). The molecule has 0 aliphatic rings. The number of carbonyl (C=O) groups excluding carboxylic acids is 1. The number of nitrogens with two attached hydrogens (primary N) is 1. The molecular weight excluding hydrogens is 234 g/mol. The lowest BCUT2D eigenvalue weighted by Gasteiger charge is -1.97. The van der Waals surface area contributed by atoms with Crippen LogP contribution in [0.4, 0.5) is 5.13 Å². The maximum Gasteiger partial charge on any atom is 0.239 e. The zero-order valence-electron chi connectivity index (χ0n) is 9.22. The molecule has 0 radical (unpaired) electrons. The van der Waals surface area contributed by atoms with Gasteiger partial charge in [-0.15, -0.1) is 11.3 Å². The first-order chi connectivity index (χ1) is 8.28. The van der Waals surface area contributed by atoms with Gasteiger partial charge in [0.25, 0.3) is 0 Å². The van der Waals surface area contributed by atoms with E-state index in [0.29, 0.717) is 5.13 Å². The number of hydrogen-bond donors (Lipinski definition) is 2. The van der Waals surface area contributed by atoms with E-state index in [0.717, 1.165) is 11.3 Å². The van der Waals surface area contributed by atoms with E-state index in [1.54, 1.807) is 6.20 Å². The molecular formula is C12H13N3OS. The van der Waals surface area contributed by atoms with E-state index in [2.05, 4.69) is 22.4 Å². The van der Waals surface area contributed by atoms with Crippen LogP contribution < -0.4 is 11.1 Å². The minimum absolute atomic E-state index is 0.0202. The number of nitrogens with one attached hydrogen (secondary N) is 1. The third-order valence-corrected chi connectivity index (χ3v) is 3.12. The predicted octanol–water partition coefficient (Wildman–Crippen LogP) is 1.63. The molecule has 0 spiro atoms. The zero-order valence-corrected chi connectivity index (χ0v) is 10.0. The molecule has 17 heavy (non-hydrogen) atoms. The quantitative estimate of drug-likeness (QED) is 0.863. The van der Waals surface area contributed by atoms with Gasteiger partial charge in [-0.1, -0.05) is 30.3 Å².